The minimum atomic E-state index is -0.499. The summed E-state index contributed by atoms with van der Waals surface area (Å²) in [6.07, 6.45) is 0. The van der Waals surface area contributed by atoms with Gasteiger partial charge in [-0.1, -0.05) is 98.8 Å². The standard InChI is InChI=1S/C58H50O8/c1-33-27-40(17-23-52(33)63-8)37(5)41-18-24-53(34(2)28-41)64-56(60)46-15-13-45-32-47(16-14-44(45)31-46)57(61)65-54-25-19-42(29-35(54)3)38(6)43-20-26-55(36(4)30-43)66-58(62)51-22-21-48(39(7)59)49-11-9-10-12-50(49)51/h9-32,37-38H,1-8H3. The number of ketones is 1. The quantitative estimate of drug-likeness (QED) is 0.0679. The van der Waals surface area contributed by atoms with Gasteiger partial charge in [0.15, 0.2) is 5.78 Å². The maximum absolute atomic E-state index is 13.4. The number of benzene rings is 8. The topological polar surface area (TPSA) is 105 Å². The molecule has 0 aromatic heterocycles. The molecule has 8 heteroatoms. The van der Waals surface area contributed by atoms with Crippen LogP contribution in [0.15, 0.2) is 146 Å². The fourth-order valence-electron chi connectivity index (χ4n) is 8.48. The summed E-state index contributed by atoms with van der Waals surface area (Å²) in [6.45, 7) is 13.5. The van der Waals surface area contributed by atoms with Crippen molar-refractivity contribution < 1.29 is 38.1 Å². The number of rotatable bonds is 12. The molecule has 8 aromatic carbocycles. The Morgan fingerprint density at radius 1 is 0.409 bits per heavy atom. The van der Waals surface area contributed by atoms with Gasteiger partial charge < -0.3 is 18.9 Å². The second-order valence-electron chi connectivity index (χ2n) is 17.0. The highest BCUT2D eigenvalue weighted by Crippen LogP contribution is 2.34. The van der Waals surface area contributed by atoms with Crippen molar-refractivity contribution in [1.82, 2.24) is 0 Å². The lowest BCUT2D eigenvalue weighted by molar-refractivity contribution is 0.0724. The van der Waals surface area contributed by atoms with Crippen LogP contribution in [0.5, 0.6) is 23.0 Å². The third kappa shape index (κ3) is 9.22. The average molecular weight is 875 g/mol. The number of esters is 3. The van der Waals surface area contributed by atoms with Gasteiger partial charge >= 0.3 is 17.9 Å². The number of carbonyl (C=O) groups is 4. The Labute approximate surface area is 384 Å². The van der Waals surface area contributed by atoms with Crippen molar-refractivity contribution in [3.05, 3.63) is 212 Å². The molecule has 8 nitrogen and oxygen atoms in total. The summed E-state index contributed by atoms with van der Waals surface area (Å²) >= 11 is 0. The molecule has 66 heavy (non-hydrogen) atoms. The van der Waals surface area contributed by atoms with Crippen molar-refractivity contribution >= 4 is 45.2 Å². The summed E-state index contributed by atoms with van der Waals surface area (Å²) < 4.78 is 23.1. The van der Waals surface area contributed by atoms with E-state index in [0.29, 0.717) is 50.3 Å². The van der Waals surface area contributed by atoms with E-state index < -0.39 is 17.9 Å². The fraction of sp³-hybridized carbons (Fsp3) is 0.172. The molecule has 0 heterocycles. The number of methoxy groups -OCH3 is 1. The summed E-state index contributed by atoms with van der Waals surface area (Å²) in [6, 6.07) is 44.7. The molecule has 0 fully saturated rings. The van der Waals surface area contributed by atoms with Gasteiger partial charge in [0, 0.05) is 17.4 Å². The lowest BCUT2D eigenvalue weighted by atomic mass is 9.91. The van der Waals surface area contributed by atoms with Crippen LogP contribution in [-0.4, -0.2) is 30.8 Å². The normalized spacial score (nSPS) is 12.1. The van der Waals surface area contributed by atoms with Crippen LogP contribution >= 0.6 is 0 Å². The zero-order chi connectivity index (χ0) is 46.8. The molecule has 0 aliphatic heterocycles. The second kappa shape index (κ2) is 18.7. The summed E-state index contributed by atoms with van der Waals surface area (Å²) in [7, 11) is 1.67. The number of hydrogen-bond donors (Lipinski definition) is 0. The van der Waals surface area contributed by atoms with E-state index in [0.717, 1.165) is 55.5 Å². The summed E-state index contributed by atoms with van der Waals surface area (Å²) in [5.41, 5.74) is 9.58. The number of carbonyl (C=O) groups excluding carboxylic acids is 4. The third-order valence-electron chi connectivity index (χ3n) is 12.5. The van der Waals surface area contributed by atoms with E-state index in [1.807, 2.05) is 94.4 Å². The molecule has 8 aromatic rings. The van der Waals surface area contributed by atoms with E-state index in [1.165, 1.54) is 12.5 Å². The molecule has 2 unspecified atom stereocenters. The fourth-order valence-corrected chi connectivity index (χ4v) is 8.48. The molecule has 0 saturated carbocycles. The van der Waals surface area contributed by atoms with Crippen LogP contribution in [0.2, 0.25) is 0 Å². The van der Waals surface area contributed by atoms with Crippen LogP contribution in [0, 0.1) is 27.7 Å². The highest BCUT2D eigenvalue weighted by atomic mass is 16.5. The van der Waals surface area contributed by atoms with E-state index >= 15 is 0 Å². The number of hydrogen-bond acceptors (Lipinski definition) is 8. The molecule has 2 atom stereocenters. The largest absolute Gasteiger partial charge is 0.496 e. The Morgan fingerprint density at radius 2 is 0.773 bits per heavy atom. The van der Waals surface area contributed by atoms with Crippen LogP contribution in [0.1, 0.15) is 119 Å². The Balaban J connectivity index is 0.895. The lowest BCUT2D eigenvalue weighted by Gasteiger charge is -2.17. The van der Waals surface area contributed by atoms with Gasteiger partial charge in [-0.3, -0.25) is 4.79 Å². The zero-order valence-electron chi connectivity index (χ0n) is 38.3. The first-order valence-corrected chi connectivity index (χ1v) is 21.9. The number of aryl methyl sites for hydroxylation is 4. The van der Waals surface area contributed by atoms with Crippen LogP contribution < -0.4 is 18.9 Å². The molecule has 0 N–H and O–H groups in total. The predicted octanol–water partition coefficient (Wildman–Crippen LogP) is 13.4. The molecule has 330 valence electrons. The van der Waals surface area contributed by atoms with Crippen LogP contribution in [0.3, 0.4) is 0 Å². The second-order valence-corrected chi connectivity index (χ2v) is 17.0. The number of Topliss-reactive ketones (excluding diaryl/α,β-unsaturated/α-hetero) is 1. The van der Waals surface area contributed by atoms with Crippen molar-refractivity contribution in [3.63, 3.8) is 0 Å². The monoisotopic (exact) mass is 874 g/mol. The van der Waals surface area contributed by atoms with E-state index in [2.05, 4.69) is 32.0 Å². The lowest BCUT2D eigenvalue weighted by Crippen LogP contribution is -2.11. The molecular weight excluding hydrogens is 825 g/mol. The van der Waals surface area contributed by atoms with Gasteiger partial charge in [-0.15, -0.1) is 0 Å². The van der Waals surface area contributed by atoms with Crippen LogP contribution in [0.4, 0.5) is 0 Å². The molecule has 0 radical (unpaired) electrons. The minimum Gasteiger partial charge on any atom is -0.496 e. The SMILES string of the molecule is COc1ccc(C(C)c2ccc(OC(=O)c3ccc4cc(C(=O)Oc5ccc(C(C)c6ccc(OC(=O)c7ccc(C(C)=O)c8ccccc78)c(C)c6)cc5C)ccc4c3)c(C)c2)cc1C. The molecule has 0 amide bonds. The number of fused-ring (bicyclic) bond motifs is 2. The summed E-state index contributed by atoms with van der Waals surface area (Å²) in [5, 5.41) is 2.93. The minimum absolute atomic E-state index is 0.0174. The molecule has 8 rings (SSSR count). The van der Waals surface area contributed by atoms with Gasteiger partial charge in [0.1, 0.15) is 23.0 Å². The molecule has 0 aliphatic rings. The molecule has 0 spiro atoms. The van der Waals surface area contributed by atoms with Gasteiger partial charge in [0.2, 0.25) is 0 Å². The highest BCUT2D eigenvalue weighted by Gasteiger charge is 2.20. The van der Waals surface area contributed by atoms with Crippen molar-refractivity contribution in [2.24, 2.45) is 0 Å². The molecule has 0 saturated heterocycles. The average Bonchev–Trinajstić information content (AvgIpc) is 3.32. The van der Waals surface area contributed by atoms with E-state index in [1.54, 1.807) is 67.8 Å². The van der Waals surface area contributed by atoms with Gasteiger partial charge in [-0.25, -0.2) is 14.4 Å². The van der Waals surface area contributed by atoms with E-state index in [-0.39, 0.29) is 17.6 Å². The van der Waals surface area contributed by atoms with Gasteiger partial charge in [0.05, 0.1) is 23.8 Å². The van der Waals surface area contributed by atoms with Gasteiger partial charge in [-0.05, 0) is 161 Å². The van der Waals surface area contributed by atoms with Crippen LogP contribution in [0.25, 0.3) is 21.5 Å². The Hall–Kier alpha value is -7.84. The maximum atomic E-state index is 13.4. The van der Waals surface area contributed by atoms with Gasteiger partial charge in [-0.2, -0.15) is 0 Å². The van der Waals surface area contributed by atoms with Crippen LogP contribution in [-0.2, 0) is 0 Å². The molecule has 0 aliphatic carbocycles. The van der Waals surface area contributed by atoms with Crippen molar-refractivity contribution in [1.29, 1.82) is 0 Å². The predicted molar refractivity (Wildman–Crippen MR) is 259 cm³/mol. The zero-order valence-corrected chi connectivity index (χ0v) is 38.3. The highest BCUT2D eigenvalue weighted by molar-refractivity contribution is 6.13. The Kier molecular flexibility index (Phi) is 12.7. The summed E-state index contributed by atoms with van der Waals surface area (Å²) in [4.78, 5) is 52.4. The van der Waals surface area contributed by atoms with E-state index in [4.69, 9.17) is 18.9 Å². The Bertz CT molecular complexity index is 3230. The Morgan fingerprint density at radius 3 is 1.15 bits per heavy atom. The van der Waals surface area contributed by atoms with Crippen molar-refractivity contribution in [3.8, 4) is 23.0 Å². The molecular formula is C58H50O8. The maximum Gasteiger partial charge on any atom is 0.344 e. The summed E-state index contributed by atoms with van der Waals surface area (Å²) in [5.74, 6) is 0.826. The van der Waals surface area contributed by atoms with E-state index in [9.17, 15) is 19.2 Å². The number of ether oxygens (including phenoxy) is 4. The smallest absolute Gasteiger partial charge is 0.344 e. The first-order valence-electron chi connectivity index (χ1n) is 21.9. The third-order valence-corrected chi connectivity index (χ3v) is 12.5. The molecule has 0 bridgehead atoms. The van der Waals surface area contributed by atoms with Gasteiger partial charge in [0.25, 0.3) is 0 Å². The first kappa shape index (κ1) is 44.8. The van der Waals surface area contributed by atoms with Crippen molar-refractivity contribution in [2.45, 2.75) is 60.3 Å². The van der Waals surface area contributed by atoms with Crippen molar-refractivity contribution in [2.75, 3.05) is 7.11 Å². The first-order chi connectivity index (χ1) is 31.7.